The summed E-state index contributed by atoms with van der Waals surface area (Å²) < 4.78 is 0. The minimum Gasteiger partial charge on any atom is -0.296 e. The van der Waals surface area contributed by atoms with Gasteiger partial charge in [0.25, 0.3) is 0 Å². The summed E-state index contributed by atoms with van der Waals surface area (Å²) >= 11 is 0. The van der Waals surface area contributed by atoms with Crippen LogP contribution in [0.5, 0.6) is 0 Å². The van der Waals surface area contributed by atoms with E-state index in [1.54, 1.807) is 11.8 Å². The Bertz CT molecular complexity index is 1090. The minimum absolute atomic E-state index is 0.0188. The molecule has 0 spiro atoms. The molecule has 4 nitrogen and oxygen atoms in total. The highest BCUT2D eigenvalue weighted by atomic mass is 16.2. The Kier molecular flexibility index (Phi) is 4.32. The normalized spacial score (nSPS) is 11.0. The summed E-state index contributed by atoms with van der Waals surface area (Å²) in [6, 6.07) is 22.5. The van der Waals surface area contributed by atoms with Crippen molar-refractivity contribution >= 4 is 33.4 Å². The lowest BCUT2D eigenvalue weighted by molar-refractivity contribution is -0.116. The van der Waals surface area contributed by atoms with Crippen LogP contribution in [0.3, 0.4) is 0 Å². The summed E-state index contributed by atoms with van der Waals surface area (Å²) in [6.45, 7) is 2.16. The van der Waals surface area contributed by atoms with E-state index in [4.69, 9.17) is 0 Å². The Morgan fingerprint density at radius 1 is 0.923 bits per heavy atom. The van der Waals surface area contributed by atoms with E-state index in [9.17, 15) is 4.79 Å². The Labute approximate surface area is 152 Å². The van der Waals surface area contributed by atoms with Crippen molar-refractivity contribution in [2.75, 3.05) is 11.4 Å². The highest BCUT2D eigenvalue weighted by Crippen LogP contribution is 2.23. The van der Waals surface area contributed by atoms with Crippen LogP contribution in [0.25, 0.3) is 21.7 Å². The van der Waals surface area contributed by atoms with Crippen LogP contribution in [0.2, 0.25) is 0 Å². The number of aromatic nitrogens is 2. The maximum Gasteiger partial charge on any atom is 0.225 e. The molecule has 26 heavy (non-hydrogen) atoms. The third-order valence-corrected chi connectivity index (χ3v) is 4.60. The second kappa shape index (κ2) is 6.92. The number of benzene rings is 3. The quantitative estimate of drug-likeness (QED) is 0.553. The predicted octanol–water partition coefficient (Wildman–Crippen LogP) is 4.38. The maximum absolute atomic E-state index is 12.3. The number of carbonyl (C=O) groups excluding carboxylic acids is 1. The van der Waals surface area contributed by atoms with Crippen LogP contribution in [0.4, 0.5) is 5.82 Å². The number of amides is 1. The third kappa shape index (κ3) is 3.14. The van der Waals surface area contributed by atoms with Crippen molar-refractivity contribution in [2.24, 2.45) is 0 Å². The smallest absolute Gasteiger partial charge is 0.225 e. The molecule has 1 amide bonds. The summed E-state index contributed by atoms with van der Waals surface area (Å²) in [5.74, 6) is 0.651. The molecule has 4 aromatic rings. The van der Waals surface area contributed by atoms with E-state index in [2.05, 4.69) is 40.3 Å². The molecule has 4 rings (SSSR count). The molecule has 0 saturated heterocycles. The molecule has 0 fully saturated rings. The van der Waals surface area contributed by atoms with E-state index >= 15 is 0 Å². The zero-order chi connectivity index (χ0) is 17.9. The second-order valence-corrected chi connectivity index (χ2v) is 6.32. The van der Waals surface area contributed by atoms with Crippen LogP contribution in [0, 0.1) is 0 Å². The largest absolute Gasteiger partial charge is 0.296 e. The Hall–Kier alpha value is -3.27. The molecular formula is C22H19N3O. The first-order valence-electron chi connectivity index (χ1n) is 8.68. The van der Waals surface area contributed by atoms with Crippen molar-refractivity contribution in [3.63, 3.8) is 0 Å². The molecule has 1 heterocycles. The van der Waals surface area contributed by atoms with E-state index in [0.717, 1.165) is 17.3 Å². The van der Waals surface area contributed by atoms with Crippen LogP contribution >= 0.6 is 0 Å². The SMILES string of the molecule is CC(=O)N(CCc1ccc2ccccc2c1)c1ncnc2ccccc12. The molecule has 3 aromatic carbocycles. The number of hydrogen-bond acceptors (Lipinski definition) is 3. The van der Waals surface area contributed by atoms with Crippen molar-refractivity contribution in [2.45, 2.75) is 13.3 Å². The van der Waals surface area contributed by atoms with E-state index in [-0.39, 0.29) is 5.91 Å². The van der Waals surface area contributed by atoms with Gasteiger partial charge in [-0.2, -0.15) is 0 Å². The standard InChI is InChI=1S/C22H19N3O/c1-16(26)25(22-20-8-4-5-9-21(20)23-15-24-22)13-12-17-10-11-18-6-2-3-7-19(18)14-17/h2-11,14-15H,12-13H2,1H3. The van der Waals surface area contributed by atoms with Gasteiger partial charge < -0.3 is 0 Å². The van der Waals surface area contributed by atoms with E-state index in [1.807, 2.05) is 36.4 Å². The Morgan fingerprint density at radius 2 is 1.69 bits per heavy atom. The number of nitrogens with zero attached hydrogens (tertiary/aromatic N) is 3. The fourth-order valence-corrected chi connectivity index (χ4v) is 3.25. The van der Waals surface area contributed by atoms with E-state index in [1.165, 1.54) is 22.7 Å². The molecule has 0 aliphatic rings. The van der Waals surface area contributed by atoms with Gasteiger partial charge in [-0.1, -0.05) is 54.6 Å². The minimum atomic E-state index is -0.0188. The Balaban J connectivity index is 1.63. The molecule has 0 aliphatic carbocycles. The topological polar surface area (TPSA) is 46.1 Å². The van der Waals surface area contributed by atoms with Gasteiger partial charge in [0.15, 0.2) is 0 Å². The molecule has 0 unspecified atom stereocenters. The van der Waals surface area contributed by atoms with Gasteiger partial charge in [0, 0.05) is 18.9 Å². The van der Waals surface area contributed by atoms with Crippen molar-refractivity contribution in [3.05, 3.63) is 78.6 Å². The highest BCUT2D eigenvalue weighted by molar-refractivity contribution is 5.99. The fraction of sp³-hybridized carbons (Fsp3) is 0.136. The van der Waals surface area contributed by atoms with E-state index < -0.39 is 0 Å². The van der Waals surface area contributed by atoms with Crippen molar-refractivity contribution in [1.29, 1.82) is 0 Å². The number of carbonyl (C=O) groups is 1. The molecule has 4 heteroatoms. The van der Waals surface area contributed by atoms with Gasteiger partial charge in [0.2, 0.25) is 5.91 Å². The number of hydrogen-bond donors (Lipinski definition) is 0. The zero-order valence-electron chi connectivity index (χ0n) is 14.6. The second-order valence-electron chi connectivity index (χ2n) is 6.32. The summed E-state index contributed by atoms with van der Waals surface area (Å²) in [6.07, 6.45) is 2.28. The van der Waals surface area contributed by atoms with Gasteiger partial charge in [-0.3, -0.25) is 9.69 Å². The molecular weight excluding hydrogens is 322 g/mol. The van der Waals surface area contributed by atoms with Crippen molar-refractivity contribution < 1.29 is 4.79 Å². The van der Waals surface area contributed by atoms with Crippen LogP contribution in [0.15, 0.2) is 73.1 Å². The summed E-state index contributed by atoms with van der Waals surface area (Å²) in [5, 5.41) is 3.33. The van der Waals surface area contributed by atoms with Crippen LogP contribution in [-0.2, 0) is 11.2 Å². The van der Waals surface area contributed by atoms with Gasteiger partial charge in [-0.25, -0.2) is 9.97 Å². The monoisotopic (exact) mass is 341 g/mol. The van der Waals surface area contributed by atoms with Crippen molar-refractivity contribution in [1.82, 2.24) is 9.97 Å². The summed E-state index contributed by atoms with van der Waals surface area (Å²) in [5.41, 5.74) is 2.04. The zero-order valence-corrected chi connectivity index (χ0v) is 14.6. The number of para-hydroxylation sites is 1. The highest BCUT2D eigenvalue weighted by Gasteiger charge is 2.16. The van der Waals surface area contributed by atoms with Crippen LogP contribution in [-0.4, -0.2) is 22.4 Å². The number of anilines is 1. The van der Waals surface area contributed by atoms with Crippen molar-refractivity contribution in [3.8, 4) is 0 Å². The van der Waals surface area contributed by atoms with Crippen LogP contribution in [0.1, 0.15) is 12.5 Å². The number of rotatable bonds is 4. The Morgan fingerprint density at radius 3 is 2.54 bits per heavy atom. The van der Waals surface area contributed by atoms with Gasteiger partial charge in [-0.05, 0) is 34.9 Å². The molecule has 1 aromatic heterocycles. The molecule has 128 valence electrons. The molecule has 0 atom stereocenters. The van der Waals surface area contributed by atoms with Gasteiger partial charge in [0.05, 0.1) is 5.52 Å². The summed E-state index contributed by atoms with van der Waals surface area (Å²) in [4.78, 5) is 22.7. The van der Waals surface area contributed by atoms with Gasteiger partial charge >= 0.3 is 0 Å². The molecule has 0 saturated carbocycles. The van der Waals surface area contributed by atoms with Crippen LogP contribution < -0.4 is 4.90 Å². The first-order chi connectivity index (χ1) is 12.7. The molecule has 0 radical (unpaired) electrons. The maximum atomic E-state index is 12.3. The summed E-state index contributed by atoms with van der Waals surface area (Å²) in [7, 11) is 0. The lowest BCUT2D eigenvalue weighted by Crippen LogP contribution is -2.31. The first-order valence-corrected chi connectivity index (χ1v) is 8.68. The van der Waals surface area contributed by atoms with Gasteiger partial charge in [-0.15, -0.1) is 0 Å². The lowest BCUT2D eigenvalue weighted by Gasteiger charge is -2.21. The lowest BCUT2D eigenvalue weighted by atomic mass is 10.0. The van der Waals surface area contributed by atoms with E-state index in [0.29, 0.717) is 12.4 Å². The first kappa shape index (κ1) is 16.2. The molecule has 0 N–H and O–H groups in total. The predicted molar refractivity (Wildman–Crippen MR) is 105 cm³/mol. The average molecular weight is 341 g/mol. The molecule has 0 aliphatic heterocycles. The molecule has 0 bridgehead atoms. The average Bonchev–Trinajstić information content (AvgIpc) is 2.68. The fourth-order valence-electron chi connectivity index (χ4n) is 3.25. The number of fused-ring (bicyclic) bond motifs is 2. The third-order valence-electron chi connectivity index (χ3n) is 4.60. The van der Waals surface area contributed by atoms with Gasteiger partial charge in [0.1, 0.15) is 12.1 Å².